The van der Waals surface area contributed by atoms with Crippen LogP contribution >= 0.6 is 0 Å². The van der Waals surface area contributed by atoms with Crippen LogP contribution in [-0.2, 0) is 12.8 Å². The maximum atomic E-state index is 13.1. The second-order valence-electron chi connectivity index (χ2n) is 8.34. The number of nitrogens with zero attached hydrogens (tertiary/aromatic N) is 3. The average Bonchev–Trinajstić information content (AvgIpc) is 3.17. The smallest absolute Gasteiger partial charge is 0.276 e. The first-order valence-electron chi connectivity index (χ1n) is 10.6. The molecule has 4 aromatic rings. The van der Waals surface area contributed by atoms with Crippen LogP contribution in [0.5, 0.6) is 0 Å². The minimum absolute atomic E-state index is 0.177. The summed E-state index contributed by atoms with van der Waals surface area (Å²) in [6, 6.07) is 13.9. The SMILES string of the molecule is Cc1ccc(-n2nc(C(=O)Nc3ccc4oc(C5CC5)nc4c3)c3c2CCC3)cc1. The van der Waals surface area contributed by atoms with Crippen LogP contribution in [0, 0.1) is 6.92 Å². The van der Waals surface area contributed by atoms with Gasteiger partial charge in [0.2, 0.25) is 0 Å². The van der Waals surface area contributed by atoms with Crippen LogP contribution in [0.1, 0.15) is 58.4 Å². The quantitative estimate of drug-likeness (QED) is 0.528. The molecule has 1 fully saturated rings. The Hall–Kier alpha value is -3.41. The Morgan fingerprint density at radius 1 is 1.13 bits per heavy atom. The van der Waals surface area contributed by atoms with Gasteiger partial charge in [0.05, 0.1) is 5.69 Å². The second kappa shape index (κ2) is 6.55. The summed E-state index contributed by atoms with van der Waals surface area (Å²) in [7, 11) is 0. The van der Waals surface area contributed by atoms with Crippen molar-refractivity contribution in [1.29, 1.82) is 0 Å². The second-order valence-corrected chi connectivity index (χ2v) is 8.34. The zero-order valence-corrected chi connectivity index (χ0v) is 16.8. The van der Waals surface area contributed by atoms with Crippen LogP contribution in [0.2, 0.25) is 0 Å². The van der Waals surface area contributed by atoms with Gasteiger partial charge >= 0.3 is 0 Å². The summed E-state index contributed by atoms with van der Waals surface area (Å²) in [5.41, 5.74) is 7.17. The van der Waals surface area contributed by atoms with E-state index in [0.717, 1.165) is 66.0 Å². The fourth-order valence-electron chi connectivity index (χ4n) is 4.24. The summed E-state index contributed by atoms with van der Waals surface area (Å²) >= 11 is 0. The minimum atomic E-state index is -0.177. The van der Waals surface area contributed by atoms with Gasteiger partial charge < -0.3 is 9.73 Å². The molecule has 0 radical (unpaired) electrons. The van der Waals surface area contributed by atoms with Crippen LogP contribution in [-0.4, -0.2) is 20.7 Å². The van der Waals surface area contributed by atoms with E-state index >= 15 is 0 Å². The summed E-state index contributed by atoms with van der Waals surface area (Å²) in [6.45, 7) is 2.06. The van der Waals surface area contributed by atoms with E-state index in [2.05, 4.69) is 41.5 Å². The van der Waals surface area contributed by atoms with Crippen LogP contribution < -0.4 is 5.32 Å². The first kappa shape index (κ1) is 17.4. The third-order valence-electron chi connectivity index (χ3n) is 6.01. The van der Waals surface area contributed by atoms with Crippen LogP contribution in [0.4, 0.5) is 5.69 Å². The minimum Gasteiger partial charge on any atom is -0.440 e. The molecule has 1 N–H and O–H groups in total. The Morgan fingerprint density at radius 3 is 2.77 bits per heavy atom. The zero-order chi connectivity index (χ0) is 20.2. The molecule has 2 aliphatic rings. The van der Waals surface area contributed by atoms with Gasteiger partial charge in [0.15, 0.2) is 17.2 Å². The first-order chi connectivity index (χ1) is 14.7. The van der Waals surface area contributed by atoms with Gasteiger partial charge in [0.1, 0.15) is 5.52 Å². The molecule has 0 atom stereocenters. The number of oxazole rings is 1. The predicted molar refractivity (Wildman–Crippen MR) is 114 cm³/mol. The molecule has 6 rings (SSSR count). The van der Waals surface area contributed by atoms with E-state index in [1.54, 1.807) is 0 Å². The van der Waals surface area contributed by atoms with E-state index in [9.17, 15) is 4.79 Å². The maximum absolute atomic E-state index is 13.1. The Morgan fingerprint density at radius 2 is 1.97 bits per heavy atom. The molecule has 0 spiro atoms. The van der Waals surface area contributed by atoms with Crippen molar-refractivity contribution in [1.82, 2.24) is 14.8 Å². The third kappa shape index (κ3) is 2.91. The number of rotatable bonds is 4. The van der Waals surface area contributed by atoms with Crippen LogP contribution in [0.3, 0.4) is 0 Å². The monoisotopic (exact) mass is 398 g/mol. The average molecular weight is 398 g/mol. The Labute approximate surface area is 173 Å². The van der Waals surface area contributed by atoms with Crippen molar-refractivity contribution in [2.45, 2.75) is 44.9 Å². The molecule has 1 amide bonds. The van der Waals surface area contributed by atoms with E-state index in [1.165, 1.54) is 5.56 Å². The molecule has 6 nitrogen and oxygen atoms in total. The van der Waals surface area contributed by atoms with Gasteiger partial charge in [-0.25, -0.2) is 9.67 Å². The number of fused-ring (bicyclic) bond motifs is 2. The van der Waals surface area contributed by atoms with Crippen molar-refractivity contribution in [2.24, 2.45) is 0 Å². The lowest BCUT2D eigenvalue weighted by atomic mass is 10.2. The molecule has 0 bridgehead atoms. The van der Waals surface area contributed by atoms with Crippen molar-refractivity contribution < 1.29 is 9.21 Å². The summed E-state index contributed by atoms with van der Waals surface area (Å²) in [6.07, 6.45) is 5.17. The van der Waals surface area contributed by atoms with Crippen molar-refractivity contribution in [3.8, 4) is 5.69 Å². The standard InChI is InChI=1S/C24H22N4O2/c1-14-5-10-17(11-6-14)28-20-4-2-3-18(20)22(27-28)23(29)25-16-9-12-21-19(13-16)26-24(30-21)15-7-8-15/h5-6,9-13,15H,2-4,7-8H2,1H3,(H,25,29). The Kier molecular flexibility index (Phi) is 3.81. The van der Waals surface area contributed by atoms with Gasteiger partial charge in [-0.15, -0.1) is 0 Å². The highest BCUT2D eigenvalue weighted by atomic mass is 16.3. The summed E-state index contributed by atoms with van der Waals surface area (Å²) in [4.78, 5) is 17.7. The number of nitrogens with one attached hydrogen (secondary N) is 1. The number of carbonyl (C=O) groups is 1. The predicted octanol–water partition coefficient (Wildman–Crippen LogP) is 4.94. The van der Waals surface area contributed by atoms with E-state index in [1.807, 2.05) is 22.9 Å². The van der Waals surface area contributed by atoms with Crippen molar-refractivity contribution in [3.05, 3.63) is 70.9 Å². The highest BCUT2D eigenvalue weighted by Gasteiger charge is 2.29. The zero-order valence-electron chi connectivity index (χ0n) is 16.8. The molecule has 0 saturated heterocycles. The summed E-state index contributed by atoms with van der Waals surface area (Å²) in [5, 5.41) is 7.71. The van der Waals surface area contributed by atoms with Crippen molar-refractivity contribution >= 4 is 22.7 Å². The number of anilines is 1. The van der Waals surface area contributed by atoms with Gasteiger partial charge in [0, 0.05) is 22.9 Å². The van der Waals surface area contributed by atoms with E-state index in [4.69, 9.17) is 9.52 Å². The van der Waals surface area contributed by atoms with Crippen LogP contribution in [0.25, 0.3) is 16.8 Å². The molecule has 2 aliphatic carbocycles. The van der Waals surface area contributed by atoms with Gasteiger partial charge in [-0.3, -0.25) is 4.79 Å². The lowest BCUT2D eigenvalue weighted by Crippen LogP contribution is -2.15. The lowest BCUT2D eigenvalue weighted by molar-refractivity contribution is 0.102. The molecule has 1 saturated carbocycles. The van der Waals surface area contributed by atoms with Gasteiger partial charge in [-0.05, 0) is 69.4 Å². The Balaban J connectivity index is 1.31. The van der Waals surface area contributed by atoms with E-state index < -0.39 is 0 Å². The number of hydrogen-bond acceptors (Lipinski definition) is 4. The van der Waals surface area contributed by atoms with Crippen molar-refractivity contribution in [3.63, 3.8) is 0 Å². The van der Waals surface area contributed by atoms with Crippen molar-refractivity contribution in [2.75, 3.05) is 5.32 Å². The highest BCUT2D eigenvalue weighted by molar-refractivity contribution is 6.04. The molecule has 2 aromatic heterocycles. The normalized spacial score (nSPS) is 15.5. The molecule has 2 aromatic carbocycles. The largest absolute Gasteiger partial charge is 0.440 e. The van der Waals surface area contributed by atoms with Gasteiger partial charge in [-0.1, -0.05) is 17.7 Å². The first-order valence-corrected chi connectivity index (χ1v) is 10.6. The number of amides is 1. The van der Waals surface area contributed by atoms with Gasteiger partial charge in [0.25, 0.3) is 5.91 Å². The molecule has 150 valence electrons. The molecular weight excluding hydrogens is 376 g/mol. The molecular formula is C24H22N4O2. The maximum Gasteiger partial charge on any atom is 0.276 e. The fourth-order valence-corrected chi connectivity index (χ4v) is 4.24. The number of carbonyl (C=O) groups excluding carboxylic acids is 1. The molecule has 2 heterocycles. The lowest BCUT2D eigenvalue weighted by Gasteiger charge is -2.06. The van der Waals surface area contributed by atoms with E-state index in [-0.39, 0.29) is 5.91 Å². The molecule has 30 heavy (non-hydrogen) atoms. The number of aryl methyl sites for hydroxylation is 1. The van der Waals surface area contributed by atoms with Gasteiger partial charge in [-0.2, -0.15) is 5.10 Å². The number of hydrogen-bond donors (Lipinski definition) is 1. The highest BCUT2D eigenvalue weighted by Crippen LogP contribution is 2.40. The molecule has 6 heteroatoms. The number of benzene rings is 2. The van der Waals surface area contributed by atoms with E-state index in [0.29, 0.717) is 17.3 Å². The molecule has 0 unspecified atom stereocenters. The summed E-state index contributed by atoms with van der Waals surface area (Å²) < 4.78 is 7.75. The third-order valence-corrected chi connectivity index (χ3v) is 6.01. The topological polar surface area (TPSA) is 73.0 Å². The molecule has 0 aliphatic heterocycles. The fraction of sp³-hybridized carbons (Fsp3) is 0.292. The Bertz CT molecular complexity index is 1280. The summed E-state index contributed by atoms with van der Waals surface area (Å²) in [5.74, 6) is 1.09. The van der Waals surface area contributed by atoms with Crippen LogP contribution in [0.15, 0.2) is 46.9 Å². The number of aromatic nitrogens is 3.